The normalized spacial score (nSPS) is 16.0. The summed E-state index contributed by atoms with van der Waals surface area (Å²) in [5.41, 5.74) is 3.41. The number of benzene rings is 1. The molecule has 0 amide bonds. The second-order valence-corrected chi connectivity index (χ2v) is 7.29. The van der Waals surface area contributed by atoms with Crippen molar-refractivity contribution in [3.63, 3.8) is 0 Å². The highest BCUT2D eigenvalue weighted by Crippen LogP contribution is 2.26. The zero-order valence-electron chi connectivity index (χ0n) is 14.5. The lowest BCUT2D eigenvalue weighted by molar-refractivity contribution is 0.104. The molecule has 1 aliphatic heterocycles. The van der Waals surface area contributed by atoms with Gasteiger partial charge in [-0.2, -0.15) is 0 Å². The van der Waals surface area contributed by atoms with Gasteiger partial charge in [0.2, 0.25) is 0 Å². The molecule has 6 heteroatoms. The summed E-state index contributed by atoms with van der Waals surface area (Å²) in [5, 5.41) is 11.6. The maximum Gasteiger partial charge on any atom is 0.168 e. The van der Waals surface area contributed by atoms with E-state index in [2.05, 4.69) is 23.4 Å². The number of hydrogen-bond donors (Lipinski definition) is 1. The Kier molecular flexibility index (Phi) is 5.48. The maximum atomic E-state index is 10.5. The molecule has 1 aromatic carbocycles. The van der Waals surface area contributed by atoms with Gasteiger partial charge in [0.15, 0.2) is 5.16 Å². The molecule has 0 saturated carbocycles. The molecule has 0 saturated heterocycles. The molecule has 1 atom stereocenters. The van der Waals surface area contributed by atoms with Crippen molar-refractivity contribution in [2.45, 2.75) is 31.1 Å². The van der Waals surface area contributed by atoms with E-state index in [1.54, 1.807) is 18.9 Å². The molecule has 2 heterocycles. The maximum absolute atomic E-state index is 10.5. The van der Waals surface area contributed by atoms with E-state index in [0.717, 1.165) is 47.4 Å². The predicted molar refractivity (Wildman–Crippen MR) is 96.5 cm³/mol. The number of aliphatic hydroxyl groups excluding tert-OH is 1. The first-order chi connectivity index (χ1) is 11.6. The first-order valence-electron chi connectivity index (χ1n) is 8.34. The summed E-state index contributed by atoms with van der Waals surface area (Å²) in [5.74, 6) is 1.84. The molecule has 5 nitrogen and oxygen atoms in total. The highest BCUT2D eigenvalue weighted by Gasteiger charge is 2.24. The third-order valence-electron chi connectivity index (χ3n) is 4.50. The minimum absolute atomic E-state index is 0.495. The zero-order valence-corrected chi connectivity index (χ0v) is 15.3. The molecule has 2 aromatic rings. The third-order valence-corrected chi connectivity index (χ3v) is 5.41. The number of aliphatic hydroxyl groups is 1. The fraction of sp³-hybridized carbons (Fsp3) is 0.500. The molecule has 0 radical (unpaired) electrons. The Morgan fingerprint density at radius 3 is 2.75 bits per heavy atom. The Labute approximate surface area is 147 Å². The second-order valence-electron chi connectivity index (χ2n) is 6.05. The quantitative estimate of drug-likeness (QED) is 0.814. The van der Waals surface area contributed by atoms with Crippen molar-refractivity contribution in [1.29, 1.82) is 0 Å². The minimum atomic E-state index is -0.495. The fourth-order valence-electron chi connectivity index (χ4n) is 3.15. The van der Waals surface area contributed by atoms with Crippen LogP contribution in [0.25, 0.3) is 0 Å². The van der Waals surface area contributed by atoms with Crippen LogP contribution in [0.1, 0.15) is 30.0 Å². The summed E-state index contributed by atoms with van der Waals surface area (Å²) >= 11 is 1.78. The standard InChI is InChI=1S/C18H25N3O2S/c1-4-24-18-19-15-11-21(10-9-16(15)20(18)2)12-17(22)13-5-7-14(23-3)8-6-13/h5-8,17,22H,4,9-12H2,1-3H3/t17-/m1/s1. The van der Waals surface area contributed by atoms with Crippen molar-refractivity contribution >= 4 is 11.8 Å². The Morgan fingerprint density at radius 2 is 2.08 bits per heavy atom. The van der Waals surface area contributed by atoms with Gasteiger partial charge in [0.05, 0.1) is 18.9 Å². The van der Waals surface area contributed by atoms with Crippen LogP contribution >= 0.6 is 11.8 Å². The van der Waals surface area contributed by atoms with Crippen molar-refractivity contribution in [3.05, 3.63) is 41.2 Å². The number of aromatic nitrogens is 2. The van der Waals surface area contributed by atoms with Gasteiger partial charge in [0.25, 0.3) is 0 Å². The van der Waals surface area contributed by atoms with Gasteiger partial charge >= 0.3 is 0 Å². The lowest BCUT2D eigenvalue weighted by atomic mass is 10.1. The van der Waals surface area contributed by atoms with E-state index >= 15 is 0 Å². The fourth-order valence-corrected chi connectivity index (χ4v) is 3.88. The van der Waals surface area contributed by atoms with Crippen LogP contribution in [0.3, 0.4) is 0 Å². The molecule has 1 N–H and O–H groups in total. The SMILES string of the molecule is CCSc1nc2c(n1C)CCN(C[C@@H](O)c1ccc(OC)cc1)C2. The van der Waals surface area contributed by atoms with Gasteiger partial charge in [-0.05, 0) is 23.4 Å². The molecule has 0 spiro atoms. The van der Waals surface area contributed by atoms with Crippen LogP contribution in [0.5, 0.6) is 5.75 Å². The van der Waals surface area contributed by atoms with E-state index in [1.807, 2.05) is 24.3 Å². The third kappa shape index (κ3) is 3.61. The number of thioether (sulfide) groups is 1. The second kappa shape index (κ2) is 7.59. The van der Waals surface area contributed by atoms with E-state index in [9.17, 15) is 5.11 Å². The predicted octanol–water partition coefficient (Wildman–Crippen LogP) is 2.63. The number of hydrogen-bond acceptors (Lipinski definition) is 5. The summed E-state index contributed by atoms with van der Waals surface area (Å²) in [6.07, 6.45) is 0.490. The van der Waals surface area contributed by atoms with Gasteiger partial charge in [-0.3, -0.25) is 4.90 Å². The van der Waals surface area contributed by atoms with Crippen molar-refractivity contribution in [1.82, 2.24) is 14.5 Å². The molecule has 24 heavy (non-hydrogen) atoms. The Hall–Kier alpha value is -1.50. The Morgan fingerprint density at radius 1 is 1.33 bits per heavy atom. The Bertz CT molecular complexity index is 684. The van der Waals surface area contributed by atoms with Gasteiger partial charge in [-0.25, -0.2) is 4.98 Å². The summed E-state index contributed by atoms with van der Waals surface area (Å²) in [4.78, 5) is 7.06. The number of nitrogens with zero attached hydrogens (tertiary/aromatic N) is 3. The lowest BCUT2D eigenvalue weighted by Gasteiger charge is -2.28. The number of rotatable bonds is 6. The lowest BCUT2D eigenvalue weighted by Crippen LogP contribution is -2.34. The van der Waals surface area contributed by atoms with Crippen LogP contribution in [0.4, 0.5) is 0 Å². The molecule has 3 rings (SSSR count). The van der Waals surface area contributed by atoms with Gasteiger partial charge in [0.1, 0.15) is 5.75 Å². The summed E-state index contributed by atoms with van der Waals surface area (Å²) in [6.45, 7) is 4.53. The first kappa shape index (κ1) is 17.3. The summed E-state index contributed by atoms with van der Waals surface area (Å²) in [7, 11) is 3.75. The van der Waals surface area contributed by atoms with Crippen LogP contribution in [-0.2, 0) is 20.0 Å². The monoisotopic (exact) mass is 347 g/mol. The largest absolute Gasteiger partial charge is 0.497 e. The number of methoxy groups -OCH3 is 1. The molecule has 0 bridgehead atoms. The zero-order chi connectivity index (χ0) is 17.1. The van der Waals surface area contributed by atoms with Crippen LogP contribution in [-0.4, -0.2) is 45.5 Å². The van der Waals surface area contributed by atoms with Gasteiger partial charge < -0.3 is 14.4 Å². The van der Waals surface area contributed by atoms with Crippen molar-refractivity contribution in [3.8, 4) is 5.75 Å². The molecule has 1 aliphatic rings. The van der Waals surface area contributed by atoms with E-state index in [1.165, 1.54) is 5.69 Å². The Balaban J connectivity index is 1.65. The van der Waals surface area contributed by atoms with Crippen molar-refractivity contribution < 1.29 is 9.84 Å². The van der Waals surface area contributed by atoms with E-state index in [4.69, 9.17) is 9.72 Å². The molecule has 1 aromatic heterocycles. The highest BCUT2D eigenvalue weighted by atomic mass is 32.2. The number of imidazole rings is 1. The van der Waals surface area contributed by atoms with Crippen LogP contribution in [0.15, 0.2) is 29.4 Å². The topological polar surface area (TPSA) is 50.5 Å². The van der Waals surface area contributed by atoms with Crippen LogP contribution in [0.2, 0.25) is 0 Å². The van der Waals surface area contributed by atoms with Gasteiger partial charge in [-0.15, -0.1) is 0 Å². The van der Waals surface area contributed by atoms with Gasteiger partial charge in [-0.1, -0.05) is 30.8 Å². The average molecular weight is 347 g/mol. The minimum Gasteiger partial charge on any atom is -0.497 e. The van der Waals surface area contributed by atoms with Crippen molar-refractivity contribution in [2.24, 2.45) is 7.05 Å². The molecule has 0 fully saturated rings. The number of β-amino-alcohol motifs (C(OH)–C–C–N with tert-alkyl or cyclic N) is 1. The van der Waals surface area contributed by atoms with Crippen molar-refractivity contribution in [2.75, 3.05) is 26.0 Å². The smallest absolute Gasteiger partial charge is 0.168 e. The average Bonchev–Trinajstić information content (AvgIpc) is 2.91. The van der Waals surface area contributed by atoms with Crippen LogP contribution in [0, 0.1) is 0 Å². The molecular weight excluding hydrogens is 322 g/mol. The number of ether oxygens (including phenoxy) is 1. The molecule has 0 aliphatic carbocycles. The summed E-state index contributed by atoms with van der Waals surface area (Å²) in [6, 6.07) is 7.63. The first-order valence-corrected chi connectivity index (χ1v) is 9.32. The molecule has 130 valence electrons. The molecular formula is C18H25N3O2S. The molecule has 0 unspecified atom stereocenters. The number of fused-ring (bicyclic) bond motifs is 1. The van der Waals surface area contributed by atoms with E-state index in [0.29, 0.717) is 6.54 Å². The van der Waals surface area contributed by atoms with Crippen LogP contribution < -0.4 is 4.74 Å². The van der Waals surface area contributed by atoms with Gasteiger partial charge in [0, 0.05) is 38.8 Å². The highest BCUT2D eigenvalue weighted by molar-refractivity contribution is 7.99. The summed E-state index contributed by atoms with van der Waals surface area (Å²) < 4.78 is 7.39. The van der Waals surface area contributed by atoms with E-state index < -0.39 is 6.10 Å². The van der Waals surface area contributed by atoms with E-state index in [-0.39, 0.29) is 0 Å².